The van der Waals surface area contributed by atoms with E-state index in [1.807, 2.05) is 12.1 Å². The molecule has 1 aliphatic heterocycles. The van der Waals surface area contributed by atoms with Gasteiger partial charge in [-0.1, -0.05) is 11.6 Å². The third-order valence-corrected chi connectivity index (χ3v) is 3.27. The highest BCUT2D eigenvalue weighted by molar-refractivity contribution is 6.32. The number of nitrogens with zero attached hydrogens (tertiary/aromatic N) is 2. The van der Waals surface area contributed by atoms with Crippen molar-refractivity contribution in [2.75, 3.05) is 19.8 Å². The van der Waals surface area contributed by atoms with Crippen LogP contribution in [0.15, 0.2) is 18.5 Å². The highest BCUT2D eigenvalue weighted by atomic mass is 35.5. The Balaban J connectivity index is 1.56. The molecule has 106 valence electrons. The van der Waals surface area contributed by atoms with Gasteiger partial charge in [-0.15, -0.1) is 0 Å². The molecular formula is C13H15ClN4O2. The average molecular weight is 295 g/mol. The van der Waals surface area contributed by atoms with Crippen molar-refractivity contribution in [2.45, 2.75) is 13.0 Å². The zero-order chi connectivity index (χ0) is 13.8. The Morgan fingerprint density at radius 2 is 2.20 bits per heavy atom. The van der Waals surface area contributed by atoms with Gasteiger partial charge in [0, 0.05) is 19.5 Å². The number of ether oxygens (including phenoxy) is 2. The largest absolute Gasteiger partial charge is 0.486 e. The molecule has 3 rings (SSSR count). The molecule has 0 unspecified atom stereocenters. The molecular weight excluding hydrogens is 280 g/mol. The number of nitrogens with one attached hydrogen (secondary N) is 2. The monoisotopic (exact) mass is 294 g/mol. The maximum absolute atomic E-state index is 6.19. The van der Waals surface area contributed by atoms with Gasteiger partial charge in [-0.25, -0.2) is 4.98 Å². The van der Waals surface area contributed by atoms with Crippen LogP contribution in [0.3, 0.4) is 0 Å². The van der Waals surface area contributed by atoms with Crippen LogP contribution in [-0.2, 0) is 13.0 Å². The molecule has 7 heteroatoms. The molecule has 0 saturated carbocycles. The summed E-state index contributed by atoms with van der Waals surface area (Å²) >= 11 is 6.19. The van der Waals surface area contributed by atoms with Crippen LogP contribution in [0.5, 0.6) is 11.5 Å². The molecule has 1 aromatic carbocycles. The summed E-state index contributed by atoms with van der Waals surface area (Å²) in [6, 6.07) is 3.86. The van der Waals surface area contributed by atoms with Gasteiger partial charge >= 0.3 is 0 Å². The van der Waals surface area contributed by atoms with Crippen molar-refractivity contribution in [3.63, 3.8) is 0 Å². The van der Waals surface area contributed by atoms with Crippen molar-refractivity contribution in [2.24, 2.45) is 0 Å². The fourth-order valence-corrected chi connectivity index (χ4v) is 2.34. The van der Waals surface area contributed by atoms with E-state index in [-0.39, 0.29) is 0 Å². The lowest BCUT2D eigenvalue weighted by molar-refractivity contribution is 0.171. The van der Waals surface area contributed by atoms with Gasteiger partial charge in [0.2, 0.25) is 0 Å². The lowest BCUT2D eigenvalue weighted by atomic mass is 10.2. The van der Waals surface area contributed by atoms with E-state index < -0.39 is 0 Å². The first-order valence-corrected chi connectivity index (χ1v) is 6.84. The van der Waals surface area contributed by atoms with Crippen molar-refractivity contribution in [3.05, 3.63) is 34.9 Å². The number of benzene rings is 1. The topological polar surface area (TPSA) is 72.1 Å². The third kappa shape index (κ3) is 3.02. The van der Waals surface area contributed by atoms with E-state index in [0.717, 1.165) is 30.1 Å². The van der Waals surface area contributed by atoms with E-state index in [1.54, 1.807) is 0 Å². The summed E-state index contributed by atoms with van der Waals surface area (Å²) < 4.78 is 11.0. The van der Waals surface area contributed by atoms with Crippen molar-refractivity contribution in [3.8, 4) is 11.5 Å². The zero-order valence-electron chi connectivity index (χ0n) is 10.9. The molecule has 0 atom stereocenters. The second kappa shape index (κ2) is 6.11. The van der Waals surface area contributed by atoms with Crippen LogP contribution in [0.4, 0.5) is 0 Å². The van der Waals surface area contributed by atoms with Crippen LogP contribution in [-0.4, -0.2) is 34.9 Å². The normalized spacial score (nSPS) is 13.4. The third-order valence-electron chi connectivity index (χ3n) is 2.99. The minimum atomic E-state index is 0.543. The minimum absolute atomic E-state index is 0.543. The Morgan fingerprint density at radius 1 is 1.30 bits per heavy atom. The highest BCUT2D eigenvalue weighted by Crippen LogP contribution is 2.38. The van der Waals surface area contributed by atoms with Crippen LogP contribution >= 0.6 is 11.6 Å². The summed E-state index contributed by atoms with van der Waals surface area (Å²) in [7, 11) is 0. The maximum Gasteiger partial charge on any atom is 0.179 e. The van der Waals surface area contributed by atoms with E-state index in [9.17, 15) is 0 Å². The second-order valence-electron chi connectivity index (χ2n) is 4.46. The first kappa shape index (κ1) is 13.2. The van der Waals surface area contributed by atoms with Crippen LogP contribution in [0.1, 0.15) is 11.4 Å². The van der Waals surface area contributed by atoms with E-state index in [4.69, 9.17) is 21.1 Å². The summed E-state index contributed by atoms with van der Waals surface area (Å²) in [5.41, 5.74) is 1.07. The smallest absolute Gasteiger partial charge is 0.179 e. The predicted octanol–water partition coefficient (Wildman–Crippen LogP) is 1.56. The molecule has 20 heavy (non-hydrogen) atoms. The van der Waals surface area contributed by atoms with Gasteiger partial charge in [0.15, 0.2) is 11.5 Å². The molecule has 1 aromatic heterocycles. The quantitative estimate of drug-likeness (QED) is 0.819. The van der Waals surface area contributed by atoms with Gasteiger partial charge in [-0.2, -0.15) is 5.10 Å². The van der Waals surface area contributed by atoms with E-state index in [2.05, 4.69) is 20.5 Å². The summed E-state index contributed by atoms with van der Waals surface area (Å²) in [5, 5.41) is 10.6. The first-order valence-electron chi connectivity index (χ1n) is 6.46. The highest BCUT2D eigenvalue weighted by Gasteiger charge is 2.16. The van der Waals surface area contributed by atoms with Gasteiger partial charge < -0.3 is 14.8 Å². The van der Waals surface area contributed by atoms with Crippen molar-refractivity contribution in [1.82, 2.24) is 20.5 Å². The number of rotatable bonds is 5. The van der Waals surface area contributed by atoms with Gasteiger partial charge in [0.05, 0.1) is 5.02 Å². The molecule has 0 aliphatic carbocycles. The molecule has 1 aliphatic rings. The van der Waals surface area contributed by atoms with Crippen molar-refractivity contribution in [1.29, 1.82) is 0 Å². The Kier molecular flexibility index (Phi) is 4.03. The van der Waals surface area contributed by atoms with E-state index in [1.165, 1.54) is 6.33 Å². The lowest BCUT2D eigenvalue weighted by Crippen LogP contribution is -2.19. The van der Waals surface area contributed by atoms with Crippen LogP contribution in [0.25, 0.3) is 0 Å². The molecule has 2 heterocycles. The molecule has 2 N–H and O–H groups in total. The molecule has 6 nitrogen and oxygen atoms in total. The molecule has 0 fully saturated rings. The number of hydrogen-bond acceptors (Lipinski definition) is 5. The van der Waals surface area contributed by atoms with Gasteiger partial charge in [-0.3, -0.25) is 5.10 Å². The molecule has 2 aromatic rings. The fourth-order valence-electron chi connectivity index (χ4n) is 2.06. The average Bonchev–Trinajstić information content (AvgIpc) is 2.97. The number of aromatic nitrogens is 3. The summed E-state index contributed by atoms with van der Waals surface area (Å²) in [6.45, 7) is 2.62. The van der Waals surface area contributed by atoms with Crippen molar-refractivity contribution >= 4 is 11.6 Å². The Labute approximate surface area is 121 Å². The standard InChI is InChI=1S/C13H15ClN4O2/c14-10-5-9(6-11-13(10)20-4-3-19-11)7-15-2-1-12-16-8-17-18-12/h5-6,8,15H,1-4,7H2,(H,16,17,18). The predicted molar refractivity (Wildman–Crippen MR) is 74.2 cm³/mol. The molecule has 0 radical (unpaired) electrons. The van der Waals surface area contributed by atoms with Crippen LogP contribution in [0.2, 0.25) is 5.02 Å². The molecule has 0 saturated heterocycles. The van der Waals surface area contributed by atoms with Crippen LogP contribution in [0, 0.1) is 0 Å². The van der Waals surface area contributed by atoms with Gasteiger partial charge in [0.25, 0.3) is 0 Å². The number of halogens is 1. The minimum Gasteiger partial charge on any atom is -0.486 e. The SMILES string of the molecule is Clc1cc(CNCCc2ncn[nH]2)cc2c1OCCO2. The van der Waals surface area contributed by atoms with E-state index in [0.29, 0.717) is 30.5 Å². The number of H-pyrrole nitrogens is 1. The zero-order valence-corrected chi connectivity index (χ0v) is 11.6. The molecule has 0 bridgehead atoms. The Bertz CT molecular complexity index is 574. The Morgan fingerprint density at radius 3 is 3.05 bits per heavy atom. The number of hydrogen-bond donors (Lipinski definition) is 2. The molecule has 0 spiro atoms. The Hall–Kier alpha value is -1.79. The number of aromatic amines is 1. The second-order valence-corrected chi connectivity index (χ2v) is 4.87. The molecule has 0 amide bonds. The van der Waals surface area contributed by atoms with E-state index >= 15 is 0 Å². The van der Waals surface area contributed by atoms with Gasteiger partial charge in [0.1, 0.15) is 25.4 Å². The maximum atomic E-state index is 6.19. The number of fused-ring (bicyclic) bond motifs is 1. The fraction of sp³-hybridized carbons (Fsp3) is 0.385. The van der Waals surface area contributed by atoms with Crippen LogP contribution < -0.4 is 14.8 Å². The summed E-state index contributed by atoms with van der Waals surface area (Å²) in [5.74, 6) is 2.23. The summed E-state index contributed by atoms with van der Waals surface area (Å²) in [6.07, 6.45) is 2.31. The van der Waals surface area contributed by atoms with Gasteiger partial charge in [-0.05, 0) is 17.7 Å². The first-order chi connectivity index (χ1) is 9.83. The lowest BCUT2D eigenvalue weighted by Gasteiger charge is -2.20. The van der Waals surface area contributed by atoms with Crippen molar-refractivity contribution < 1.29 is 9.47 Å². The summed E-state index contributed by atoms with van der Waals surface area (Å²) in [4.78, 5) is 4.07.